The first-order valence-electron chi connectivity index (χ1n) is 28.5. The molecule has 0 saturated carbocycles. The standard InChI is InChI=1S/2C33H40N4O2.Zn/c2*1-9-20-17(5)24-13-28-21(10-2)18(6)26(35-28)15-30-23(12-4)33(8,32(38)39)31(37-30)16-29-22(11-3)19(7)25(36-29)14-27(20)34-24;/h2*13-16,31,35,37H,9-12H2,1-8H3,(H,38,39);/b2*26-15-,27-14-,28-13-,29-16-;. The van der Waals surface area contributed by atoms with Crippen molar-refractivity contribution in [1.82, 2.24) is 20.6 Å². The van der Waals surface area contributed by atoms with Crippen molar-refractivity contribution < 1.29 is 39.3 Å². The van der Waals surface area contributed by atoms with Gasteiger partial charge in [0.25, 0.3) is 0 Å². The number of nitrogens with zero attached hydrogens (tertiary/aromatic N) is 4. The van der Waals surface area contributed by atoms with E-state index in [0.717, 1.165) is 150 Å². The molecule has 4 atom stereocenters. The van der Waals surface area contributed by atoms with E-state index in [-0.39, 0.29) is 19.5 Å². The molecule has 8 aliphatic heterocycles. The summed E-state index contributed by atoms with van der Waals surface area (Å²) in [6, 6.07) is -0.860. The molecule has 10 rings (SSSR count). The fraction of sp³-hybridized carbons (Fsp3) is 0.424. The van der Waals surface area contributed by atoms with Gasteiger partial charge in [0, 0.05) is 52.3 Å². The summed E-state index contributed by atoms with van der Waals surface area (Å²) in [5.41, 5.74) is 23.1. The summed E-state index contributed by atoms with van der Waals surface area (Å²) in [5.74, 6) is -1.66. The Kier molecular flexibility index (Phi) is 16.6. The zero-order valence-corrected chi connectivity index (χ0v) is 52.6. The number of carbonyl (C=O) groups is 2. The average molecular weight is 1110 g/mol. The molecule has 410 valence electrons. The van der Waals surface area contributed by atoms with Crippen LogP contribution in [0.3, 0.4) is 0 Å². The number of carboxylic acid groups (broad SMARTS) is 2. The van der Waals surface area contributed by atoms with Crippen LogP contribution in [0.1, 0.15) is 158 Å². The van der Waals surface area contributed by atoms with Gasteiger partial charge in [-0.05, 0) is 233 Å². The van der Waals surface area contributed by atoms with Gasteiger partial charge in [-0.3, -0.25) is 9.59 Å². The zero-order chi connectivity index (χ0) is 56.4. The van der Waals surface area contributed by atoms with E-state index in [1.807, 2.05) is 39.8 Å². The van der Waals surface area contributed by atoms with Gasteiger partial charge in [0.15, 0.2) is 0 Å². The minimum Gasteiger partial charge on any atom is -0.481 e. The molecule has 2 aromatic heterocycles. The minimum atomic E-state index is -1.09. The van der Waals surface area contributed by atoms with Crippen LogP contribution < -0.4 is 32.0 Å². The van der Waals surface area contributed by atoms with E-state index in [1.165, 1.54) is 44.5 Å². The number of H-pyrrole nitrogens is 2. The SMILES string of the molecule is CCC1=C(C)C2=NC/1=C\C1=NC(=C\C3NC(=C(CC)C3(C)C(=O)O)/C=c3\[nH]/c(c(CC)c3C)=C\2)/C(CC)=C1C.CCC1=C(C)C2=NC/1=C\C1=NC(=C\C3NC(=C(CC)C3(C)C(=O)O)/C=c3\[nH]/c(c(CC)c3C)=C\2)/C(CC)=C1C.[Zn]. The molecule has 16 bridgehead atoms. The predicted octanol–water partition coefficient (Wildman–Crippen LogP) is 10.6. The smallest absolute Gasteiger partial charge is 0.316 e. The van der Waals surface area contributed by atoms with Crippen LogP contribution in [0.2, 0.25) is 0 Å². The number of aromatic amines is 2. The normalized spacial score (nSPS) is 28.3. The monoisotopic (exact) mass is 1110 g/mol. The fourth-order valence-electron chi connectivity index (χ4n) is 13.4. The van der Waals surface area contributed by atoms with Gasteiger partial charge in [0.1, 0.15) is 10.8 Å². The molecular weight excluding hydrogens is 1030 g/mol. The molecule has 0 amide bonds. The summed E-state index contributed by atoms with van der Waals surface area (Å²) in [5, 5.41) is 32.4. The van der Waals surface area contributed by atoms with E-state index >= 15 is 0 Å². The van der Waals surface area contributed by atoms with Crippen LogP contribution in [0, 0.1) is 24.7 Å². The summed E-state index contributed by atoms with van der Waals surface area (Å²) in [6.07, 6.45) is 23.3. The van der Waals surface area contributed by atoms with Gasteiger partial charge < -0.3 is 30.8 Å². The summed E-state index contributed by atoms with van der Waals surface area (Å²) < 4.78 is 0. The Hall–Kier alpha value is -6.72. The predicted molar refractivity (Wildman–Crippen MR) is 320 cm³/mol. The summed E-state index contributed by atoms with van der Waals surface area (Å²) in [4.78, 5) is 53.4. The van der Waals surface area contributed by atoms with Crippen molar-refractivity contribution in [3.8, 4) is 0 Å². The first-order valence-corrected chi connectivity index (χ1v) is 28.5. The first-order chi connectivity index (χ1) is 37.2. The topological polar surface area (TPSA) is 180 Å². The van der Waals surface area contributed by atoms with Crippen LogP contribution in [0.15, 0.2) is 134 Å². The maximum Gasteiger partial charge on any atom is 0.316 e. The number of fused-ring (bicyclic) bond motifs is 12. The second kappa shape index (κ2) is 22.4. The molecule has 12 nitrogen and oxygen atoms in total. The van der Waals surface area contributed by atoms with Crippen molar-refractivity contribution in [3.05, 3.63) is 158 Å². The van der Waals surface area contributed by atoms with Gasteiger partial charge >= 0.3 is 11.9 Å². The van der Waals surface area contributed by atoms with E-state index in [4.69, 9.17) is 20.0 Å². The number of aliphatic imine (C=N–C) groups is 4. The number of carboxylic acids is 2. The summed E-state index contributed by atoms with van der Waals surface area (Å²) >= 11 is 0. The van der Waals surface area contributed by atoms with Crippen LogP contribution in [-0.2, 0) is 41.9 Å². The minimum absolute atomic E-state index is 0. The van der Waals surface area contributed by atoms with Crippen LogP contribution in [-0.4, -0.2) is 67.1 Å². The molecule has 13 heteroatoms. The second-order valence-electron chi connectivity index (χ2n) is 22.1. The van der Waals surface area contributed by atoms with Gasteiger partial charge in [0.2, 0.25) is 0 Å². The van der Waals surface area contributed by atoms with E-state index in [2.05, 4.69) is 140 Å². The molecule has 4 unspecified atom stereocenters. The Balaban J connectivity index is 0.000000205. The van der Waals surface area contributed by atoms with Gasteiger partial charge in [-0.1, -0.05) is 55.4 Å². The number of aliphatic carboxylic acids is 2. The van der Waals surface area contributed by atoms with E-state index < -0.39 is 34.9 Å². The van der Waals surface area contributed by atoms with E-state index in [1.54, 1.807) is 0 Å². The quantitative estimate of drug-likeness (QED) is 0.129. The van der Waals surface area contributed by atoms with Crippen molar-refractivity contribution in [3.63, 3.8) is 0 Å². The molecule has 0 saturated heterocycles. The molecule has 0 aliphatic carbocycles. The van der Waals surface area contributed by atoms with Crippen LogP contribution in [0.4, 0.5) is 0 Å². The number of hydrogen-bond donors (Lipinski definition) is 6. The van der Waals surface area contributed by atoms with Crippen molar-refractivity contribution in [2.75, 3.05) is 0 Å². The Morgan fingerprint density at radius 3 is 1.04 bits per heavy atom. The molecule has 79 heavy (non-hydrogen) atoms. The third kappa shape index (κ3) is 9.55. The third-order valence-electron chi connectivity index (χ3n) is 18.3. The fourth-order valence-corrected chi connectivity index (χ4v) is 13.4. The molecule has 0 spiro atoms. The molecule has 2 aromatic rings. The van der Waals surface area contributed by atoms with Gasteiger partial charge in [-0.25, -0.2) is 20.0 Å². The number of rotatable bonds is 10. The molecule has 0 aromatic carbocycles. The van der Waals surface area contributed by atoms with Crippen molar-refractivity contribution in [2.45, 2.75) is 174 Å². The number of nitrogens with one attached hydrogen (secondary N) is 4. The first kappa shape index (κ1) is 58.4. The molecule has 6 N–H and O–H groups in total. The number of aromatic nitrogens is 2. The van der Waals surface area contributed by atoms with Gasteiger partial charge in [-0.15, -0.1) is 0 Å². The Morgan fingerprint density at radius 1 is 0.443 bits per heavy atom. The number of allylic oxidation sites excluding steroid dienone is 12. The van der Waals surface area contributed by atoms with Crippen LogP contribution >= 0.6 is 0 Å². The Bertz CT molecular complexity index is 3520. The Morgan fingerprint density at radius 2 is 0.747 bits per heavy atom. The number of hydrogen-bond acceptors (Lipinski definition) is 8. The maximum absolute atomic E-state index is 12.9. The summed E-state index contributed by atoms with van der Waals surface area (Å²) in [7, 11) is 0. The molecule has 0 fully saturated rings. The average Bonchev–Trinajstić information content (AvgIpc) is 4.47. The second-order valence-corrected chi connectivity index (χ2v) is 22.1. The zero-order valence-electron chi connectivity index (χ0n) is 49.6. The largest absolute Gasteiger partial charge is 0.481 e. The van der Waals surface area contributed by atoms with Crippen LogP contribution in [0.5, 0.6) is 0 Å². The molecule has 0 radical (unpaired) electrons. The molecule has 10 heterocycles. The van der Waals surface area contributed by atoms with Crippen molar-refractivity contribution in [2.24, 2.45) is 30.8 Å². The van der Waals surface area contributed by atoms with Crippen LogP contribution in [0.25, 0.3) is 24.3 Å². The van der Waals surface area contributed by atoms with Gasteiger partial charge in [-0.2, -0.15) is 0 Å². The third-order valence-corrected chi connectivity index (χ3v) is 18.3. The Labute approximate surface area is 479 Å². The van der Waals surface area contributed by atoms with E-state index in [0.29, 0.717) is 12.8 Å². The van der Waals surface area contributed by atoms with Crippen molar-refractivity contribution in [1.29, 1.82) is 0 Å². The molecule has 8 aliphatic rings. The van der Waals surface area contributed by atoms with Gasteiger partial charge in [0.05, 0.1) is 57.7 Å². The maximum atomic E-state index is 12.9. The van der Waals surface area contributed by atoms with Crippen molar-refractivity contribution >= 4 is 59.1 Å². The van der Waals surface area contributed by atoms with E-state index in [9.17, 15) is 19.8 Å². The molecular formula is C66H80N8O4Zn. The summed E-state index contributed by atoms with van der Waals surface area (Å²) in [6.45, 7) is 33.5.